The van der Waals surface area contributed by atoms with Crippen molar-refractivity contribution in [3.63, 3.8) is 0 Å². The predicted octanol–water partition coefficient (Wildman–Crippen LogP) is 1.43. The van der Waals surface area contributed by atoms with Crippen LogP contribution in [-0.4, -0.2) is 12.5 Å². The Morgan fingerprint density at radius 1 is 1.62 bits per heavy atom. The molecule has 0 unspecified atom stereocenters. The molecule has 45 valence electrons. The van der Waals surface area contributed by atoms with Crippen molar-refractivity contribution in [3.05, 3.63) is 6.92 Å². The van der Waals surface area contributed by atoms with Gasteiger partial charge in [0, 0.05) is 0 Å². The molecule has 8 heavy (non-hydrogen) atoms. The van der Waals surface area contributed by atoms with E-state index in [1.165, 1.54) is 0 Å². The molecule has 0 aliphatic carbocycles. The second-order valence-electron chi connectivity index (χ2n) is 1.11. The van der Waals surface area contributed by atoms with Crippen LogP contribution in [0.25, 0.3) is 0 Å². The minimum absolute atomic E-state index is 0.330. The number of ether oxygens (including phenoxy) is 1. The molecule has 0 saturated heterocycles. The van der Waals surface area contributed by atoms with Gasteiger partial charge in [0.05, 0.1) is 5.88 Å². The van der Waals surface area contributed by atoms with Crippen molar-refractivity contribution >= 4 is 11.6 Å². The largest absolute Gasteiger partial charge is 0.447 e. The van der Waals surface area contributed by atoms with Gasteiger partial charge in [0.2, 0.25) is 0 Å². The molecule has 0 N–H and O–H groups in total. The van der Waals surface area contributed by atoms with Gasteiger partial charge in [-0.1, -0.05) is 0 Å². The maximum atomic E-state index is 5.21. The van der Waals surface area contributed by atoms with E-state index in [0.717, 1.165) is 6.42 Å². The van der Waals surface area contributed by atoms with Gasteiger partial charge in [-0.2, -0.15) is 0 Å². The summed E-state index contributed by atoms with van der Waals surface area (Å²) in [5.41, 5.74) is 0. The molecule has 0 atom stereocenters. The lowest BCUT2D eigenvalue weighted by Gasteiger charge is -1.87. The molecule has 0 fully saturated rings. The minimum atomic E-state index is 0.330. The monoisotopic (exact) mass is 131 g/mol. The zero-order chi connectivity index (χ0) is 6.24. The SMILES string of the molecule is [CH2]CCOC#CCCl. The van der Waals surface area contributed by atoms with Gasteiger partial charge in [0.15, 0.2) is 0 Å². The van der Waals surface area contributed by atoms with Gasteiger partial charge in [0.1, 0.15) is 12.7 Å². The molecule has 0 spiro atoms. The molecule has 0 aromatic carbocycles. The molecule has 0 aliphatic heterocycles. The fourth-order valence-corrected chi connectivity index (χ4v) is 0.256. The lowest BCUT2D eigenvalue weighted by Crippen LogP contribution is -1.82. The molecule has 0 rings (SSSR count). The Hall–Kier alpha value is -0.350. The molecule has 0 aromatic rings. The van der Waals surface area contributed by atoms with Crippen LogP contribution in [0.2, 0.25) is 0 Å². The molecule has 0 heterocycles. The Kier molecular flexibility index (Phi) is 6.36. The highest BCUT2D eigenvalue weighted by molar-refractivity contribution is 6.19. The van der Waals surface area contributed by atoms with Crippen molar-refractivity contribution in [1.82, 2.24) is 0 Å². The van der Waals surface area contributed by atoms with Crippen LogP contribution in [0.5, 0.6) is 0 Å². The van der Waals surface area contributed by atoms with Crippen LogP contribution in [0.3, 0.4) is 0 Å². The second kappa shape index (κ2) is 6.65. The van der Waals surface area contributed by atoms with E-state index in [4.69, 9.17) is 16.3 Å². The lowest BCUT2D eigenvalue weighted by atomic mass is 10.5. The minimum Gasteiger partial charge on any atom is -0.447 e. The first-order valence-corrected chi connectivity index (χ1v) is 2.90. The van der Waals surface area contributed by atoms with Crippen molar-refractivity contribution in [2.75, 3.05) is 12.5 Å². The summed E-state index contributed by atoms with van der Waals surface area (Å²) in [6.45, 7) is 4.14. The van der Waals surface area contributed by atoms with E-state index >= 15 is 0 Å². The Balaban J connectivity index is 2.90. The normalized spacial score (nSPS) is 7.25. The molecular weight excluding hydrogens is 124 g/mol. The van der Waals surface area contributed by atoms with E-state index in [1.807, 2.05) is 0 Å². The van der Waals surface area contributed by atoms with Gasteiger partial charge >= 0.3 is 0 Å². The Labute approximate surface area is 55.0 Å². The van der Waals surface area contributed by atoms with Gasteiger partial charge < -0.3 is 4.74 Å². The summed E-state index contributed by atoms with van der Waals surface area (Å²) in [5.74, 6) is 2.88. The highest BCUT2D eigenvalue weighted by atomic mass is 35.5. The average Bonchev–Trinajstić information content (AvgIpc) is 1.81. The van der Waals surface area contributed by atoms with Crippen molar-refractivity contribution in [1.29, 1.82) is 0 Å². The van der Waals surface area contributed by atoms with Crippen molar-refractivity contribution in [2.45, 2.75) is 6.42 Å². The number of hydrogen-bond acceptors (Lipinski definition) is 1. The van der Waals surface area contributed by atoms with E-state index in [1.54, 1.807) is 0 Å². The van der Waals surface area contributed by atoms with Crippen LogP contribution in [-0.2, 0) is 4.74 Å². The highest BCUT2D eigenvalue weighted by Gasteiger charge is 1.72. The maximum Gasteiger partial charge on any atom is 0.111 e. The highest BCUT2D eigenvalue weighted by Crippen LogP contribution is 1.75. The molecular formula is C6H8ClO. The lowest BCUT2D eigenvalue weighted by molar-refractivity contribution is 0.284. The number of alkyl halides is 1. The zero-order valence-corrected chi connectivity index (χ0v) is 5.37. The number of halogens is 1. The van der Waals surface area contributed by atoms with Gasteiger partial charge in [-0.15, -0.1) is 11.6 Å². The van der Waals surface area contributed by atoms with E-state index in [-0.39, 0.29) is 0 Å². The van der Waals surface area contributed by atoms with Gasteiger partial charge in [-0.3, -0.25) is 0 Å². The fraction of sp³-hybridized carbons (Fsp3) is 0.500. The zero-order valence-electron chi connectivity index (χ0n) is 4.61. The smallest absolute Gasteiger partial charge is 0.111 e. The molecule has 0 aliphatic rings. The first-order valence-electron chi connectivity index (χ1n) is 2.36. The van der Waals surface area contributed by atoms with Gasteiger partial charge in [-0.25, -0.2) is 0 Å². The first kappa shape index (κ1) is 7.65. The third-order valence-electron chi connectivity index (χ3n) is 0.458. The topological polar surface area (TPSA) is 9.23 Å². The summed E-state index contributed by atoms with van der Waals surface area (Å²) in [7, 11) is 0. The average molecular weight is 132 g/mol. The Bertz CT molecular complexity index is 90.4. The fourth-order valence-electron chi connectivity index (χ4n) is 0.202. The summed E-state index contributed by atoms with van der Waals surface area (Å²) in [4.78, 5) is 0. The third kappa shape index (κ3) is 5.65. The van der Waals surface area contributed by atoms with Crippen molar-refractivity contribution < 1.29 is 4.74 Å². The Morgan fingerprint density at radius 2 is 2.38 bits per heavy atom. The van der Waals surface area contributed by atoms with Crippen LogP contribution < -0.4 is 0 Å². The number of rotatable bonds is 2. The van der Waals surface area contributed by atoms with Crippen LogP contribution in [0.15, 0.2) is 0 Å². The van der Waals surface area contributed by atoms with Gasteiger partial charge in [0.25, 0.3) is 0 Å². The standard InChI is InChI=1S/C6H8ClO/c1-2-5-8-6-3-4-7/h1-2,4-5H2. The van der Waals surface area contributed by atoms with Crippen LogP contribution in [0.1, 0.15) is 6.42 Å². The van der Waals surface area contributed by atoms with Crippen molar-refractivity contribution in [3.8, 4) is 12.0 Å². The van der Waals surface area contributed by atoms with Crippen LogP contribution >= 0.6 is 11.6 Å². The summed E-state index contributed by atoms with van der Waals surface area (Å²) in [6.07, 6.45) is 3.16. The molecule has 1 nitrogen and oxygen atoms in total. The quantitative estimate of drug-likeness (QED) is 0.313. The van der Waals surface area contributed by atoms with Gasteiger partial charge in [-0.05, 0) is 19.3 Å². The van der Waals surface area contributed by atoms with E-state index < -0.39 is 0 Å². The molecule has 2 heteroatoms. The third-order valence-corrected chi connectivity index (χ3v) is 0.591. The van der Waals surface area contributed by atoms with Crippen molar-refractivity contribution in [2.24, 2.45) is 0 Å². The van der Waals surface area contributed by atoms with E-state index in [2.05, 4.69) is 19.0 Å². The molecule has 0 amide bonds. The summed E-state index contributed by atoms with van der Waals surface area (Å²) < 4.78 is 4.72. The molecule has 0 aromatic heterocycles. The maximum absolute atomic E-state index is 5.21. The summed E-state index contributed by atoms with van der Waals surface area (Å²) in [6, 6.07) is 0. The van der Waals surface area contributed by atoms with Crippen LogP contribution in [0, 0.1) is 19.0 Å². The van der Waals surface area contributed by atoms with E-state index in [0.29, 0.717) is 12.5 Å². The first-order chi connectivity index (χ1) is 3.91. The second-order valence-corrected chi connectivity index (χ2v) is 1.38. The summed E-state index contributed by atoms with van der Waals surface area (Å²) >= 11 is 5.21. The molecule has 0 saturated carbocycles. The number of hydrogen-bond donors (Lipinski definition) is 0. The van der Waals surface area contributed by atoms with Crippen LogP contribution in [0.4, 0.5) is 0 Å². The van der Waals surface area contributed by atoms with E-state index in [9.17, 15) is 0 Å². The Morgan fingerprint density at radius 3 is 2.88 bits per heavy atom. The predicted molar refractivity (Wildman–Crippen MR) is 34.4 cm³/mol. The molecule has 0 bridgehead atoms. The molecule has 1 radical (unpaired) electrons. The summed E-state index contributed by atoms with van der Waals surface area (Å²) in [5, 5.41) is 0.